The van der Waals surface area contributed by atoms with Crippen molar-refractivity contribution in [3.8, 4) is 0 Å². The van der Waals surface area contributed by atoms with Crippen LogP contribution in [-0.4, -0.2) is 17.6 Å². The predicted molar refractivity (Wildman–Crippen MR) is 61.0 cm³/mol. The summed E-state index contributed by atoms with van der Waals surface area (Å²) in [5, 5.41) is 3.38. The number of nitrogens with zero attached hydrogens (tertiary/aromatic N) is 1. The highest BCUT2D eigenvalue weighted by Crippen LogP contribution is 2.03. The second kappa shape index (κ2) is 5.55. The van der Waals surface area contributed by atoms with Crippen LogP contribution >= 0.6 is 0 Å². The van der Waals surface area contributed by atoms with Gasteiger partial charge >= 0.3 is 0 Å². The van der Waals surface area contributed by atoms with E-state index < -0.39 is 0 Å². The first kappa shape index (κ1) is 10.9. The highest BCUT2D eigenvalue weighted by Gasteiger charge is 1.93. The Balaban J connectivity index is 2.52. The second-order valence-corrected chi connectivity index (χ2v) is 3.81. The SMILES string of the molecule is CC(=Cc1ccncc1)CNC(C)C. The highest BCUT2D eigenvalue weighted by molar-refractivity contribution is 5.51. The van der Waals surface area contributed by atoms with Gasteiger partial charge in [0.2, 0.25) is 0 Å². The maximum atomic E-state index is 3.98. The van der Waals surface area contributed by atoms with Gasteiger partial charge in [0, 0.05) is 25.0 Å². The van der Waals surface area contributed by atoms with Crippen LogP contribution < -0.4 is 5.32 Å². The summed E-state index contributed by atoms with van der Waals surface area (Å²) >= 11 is 0. The van der Waals surface area contributed by atoms with Gasteiger partial charge in [-0.3, -0.25) is 4.98 Å². The lowest BCUT2D eigenvalue weighted by atomic mass is 10.2. The minimum atomic E-state index is 0.538. The van der Waals surface area contributed by atoms with E-state index in [1.165, 1.54) is 11.1 Å². The molecule has 0 fully saturated rings. The van der Waals surface area contributed by atoms with Gasteiger partial charge in [-0.25, -0.2) is 0 Å². The zero-order valence-corrected chi connectivity index (χ0v) is 9.12. The van der Waals surface area contributed by atoms with Crippen LogP contribution in [-0.2, 0) is 0 Å². The van der Waals surface area contributed by atoms with Gasteiger partial charge in [-0.1, -0.05) is 25.5 Å². The molecule has 1 rings (SSSR count). The van der Waals surface area contributed by atoms with Gasteiger partial charge in [-0.05, 0) is 24.6 Å². The van der Waals surface area contributed by atoms with Crippen molar-refractivity contribution in [3.05, 3.63) is 35.7 Å². The van der Waals surface area contributed by atoms with Gasteiger partial charge in [0.15, 0.2) is 0 Å². The highest BCUT2D eigenvalue weighted by atomic mass is 14.9. The molecule has 2 heteroatoms. The van der Waals surface area contributed by atoms with Crippen LogP contribution in [0.5, 0.6) is 0 Å². The fourth-order valence-corrected chi connectivity index (χ4v) is 1.16. The number of rotatable bonds is 4. The molecule has 0 bridgehead atoms. The van der Waals surface area contributed by atoms with Gasteiger partial charge in [0.1, 0.15) is 0 Å². The molecule has 0 saturated carbocycles. The maximum Gasteiger partial charge on any atom is 0.0273 e. The molecule has 1 aromatic rings. The van der Waals surface area contributed by atoms with Crippen molar-refractivity contribution in [3.63, 3.8) is 0 Å². The van der Waals surface area contributed by atoms with Crippen molar-refractivity contribution in [2.45, 2.75) is 26.8 Å². The number of hydrogen-bond acceptors (Lipinski definition) is 2. The van der Waals surface area contributed by atoms with E-state index in [2.05, 4.69) is 37.1 Å². The quantitative estimate of drug-likeness (QED) is 0.789. The van der Waals surface area contributed by atoms with Crippen LogP contribution in [0.15, 0.2) is 30.1 Å². The third kappa shape index (κ3) is 4.19. The molecule has 1 N–H and O–H groups in total. The van der Waals surface area contributed by atoms with Gasteiger partial charge in [-0.2, -0.15) is 0 Å². The molecule has 14 heavy (non-hydrogen) atoms. The van der Waals surface area contributed by atoms with Crippen molar-refractivity contribution in [2.75, 3.05) is 6.54 Å². The monoisotopic (exact) mass is 190 g/mol. The number of nitrogens with one attached hydrogen (secondary N) is 1. The predicted octanol–water partition coefficient (Wildman–Crippen LogP) is 2.48. The summed E-state index contributed by atoms with van der Waals surface area (Å²) in [5.41, 5.74) is 2.55. The first-order valence-corrected chi connectivity index (χ1v) is 4.99. The first-order chi connectivity index (χ1) is 6.68. The molecule has 0 unspecified atom stereocenters. The van der Waals surface area contributed by atoms with E-state index in [1.807, 2.05) is 24.5 Å². The molecule has 76 valence electrons. The molecule has 0 aliphatic rings. The smallest absolute Gasteiger partial charge is 0.0273 e. The topological polar surface area (TPSA) is 24.9 Å². The summed E-state index contributed by atoms with van der Waals surface area (Å²) in [7, 11) is 0. The lowest BCUT2D eigenvalue weighted by Gasteiger charge is -2.07. The Morgan fingerprint density at radius 2 is 2.07 bits per heavy atom. The van der Waals surface area contributed by atoms with Crippen LogP contribution in [0.4, 0.5) is 0 Å². The lowest BCUT2D eigenvalue weighted by Crippen LogP contribution is -2.24. The van der Waals surface area contributed by atoms with Crippen molar-refractivity contribution in [1.82, 2.24) is 10.3 Å². The molecule has 0 aliphatic carbocycles. The van der Waals surface area contributed by atoms with Crippen molar-refractivity contribution < 1.29 is 0 Å². The fraction of sp³-hybridized carbons (Fsp3) is 0.417. The lowest BCUT2D eigenvalue weighted by molar-refractivity contribution is 0.623. The number of pyridine rings is 1. The molecule has 0 aromatic carbocycles. The summed E-state index contributed by atoms with van der Waals surface area (Å²) in [5.74, 6) is 0. The zero-order valence-electron chi connectivity index (χ0n) is 9.12. The average molecular weight is 190 g/mol. The normalized spacial score (nSPS) is 12.1. The second-order valence-electron chi connectivity index (χ2n) is 3.81. The molecule has 1 heterocycles. The van der Waals surface area contributed by atoms with Crippen molar-refractivity contribution in [1.29, 1.82) is 0 Å². The van der Waals surface area contributed by atoms with E-state index in [4.69, 9.17) is 0 Å². The maximum absolute atomic E-state index is 3.98. The Bertz CT molecular complexity index is 288. The standard InChI is InChI=1S/C12H18N2/c1-10(2)14-9-11(3)8-12-4-6-13-7-5-12/h4-8,10,14H,9H2,1-3H3. The Labute approximate surface area is 86.1 Å². The molecule has 0 aliphatic heterocycles. The minimum Gasteiger partial charge on any atom is -0.311 e. The summed E-state index contributed by atoms with van der Waals surface area (Å²) < 4.78 is 0. The average Bonchev–Trinajstić information content (AvgIpc) is 2.16. The Hall–Kier alpha value is -1.15. The van der Waals surface area contributed by atoms with Gasteiger partial charge in [0.05, 0.1) is 0 Å². The third-order valence-electron chi connectivity index (χ3n) is 1.91. The molecule has 0 saturated heterocycles. The van der Waals surface area contributed by atoms with E-state index in [0.717, 1.165) is 6.54 Å². The zero-order chi connectivity index (χ0) is 10.4. The van der Waals surface area contributed by atoms with Crippen LogP contribution in [0.3, 0.4) is 0 Å². The molecule has 0 radical (unpaired) electrons. The Morgan fingerprint density at radius 1 is 1.43 bits per heavy atom. The molecule has 1 aromatic heterocycles. The molecule has 2 nitrogen and oxygen atoms in total. The van der Waals surface area contributed by atoms with Gasteiger partial charge < -0.3 is 5.32 Å². The molecule has 0 amide bonds. The van der Waals surface area contributed by atoms with E-state index in [9.17, 15) is 0 Å². The van der Waals surface area contributed by atoms with E-state index in [-0.39, 0.29) is 0 Å². The van der Waals surface area contributed by atoms with Crippen LogP contribution in [0.2, 0.25) is 0 Å². The van der Waals surface area contributed by atoms with Crippen molar-refractivity contribution in [2.24, 2.45) is 0 Å². The van der Waals surface area contributed by atoms with E-state index in [1.54, 1.807) is 0 Å². The third-order valence-corrected chi connectivity index (χ3v) is 1.91. The van der Waals surface area contributed by atoms with Gasteiger partial charge in [-0.15, -0.1) is 0 Å². The summed E-state index contributed by atoms with van der Waals surface area (Å²) in [6, 6.07) is 4.56. The molecular formula is C12H18N2. The number of hydrogen-bond donors (Lipinski definition) is 1. The van der Waals surface area contributed by atoms with Gasteiger partial charge in [0.25, 0.3) is 0 Å². The largest absolute Gasteiger partial charge is 0.311 e. The summed E-state index contributed by atoms with van der Waals surface area (Å²) in [6.07, 6.45) is 5.81. The van der Waals surface area contributed by atoms with Crippen LogP contribution in [0, 0.1) is 0 Å². The minimum absolute atomic E-state index is 0.538. The summed E-state index contributed by atoms with van der Waals surface area (Å²) in [4.78, 5) is 3.98. The summed E-state index contributed by atoms with van der Waals surface area (Å²) in [6.45, 7) is 7.38. The molecular weight excluding hydrogens is 172 g/mol. The Kier molecular flexibility index (Phi) is 4.33. The first-order valence-electron chi connectivity index (χ1n) is 4.99. The van der Waals surface area contributed by atoms with Crippen LogP contribution in [0.25, 0.3) is 6.08 Å². The molecule has 0 atom stereocenters. The van der Waals surface area contributed by atoms with Crippen molar-refractivity contribution >= 4 is 6.08 Å². The van der Waals surface area contributed by atoms with Crippen LogP contribution in [0.1, 0.15) is 26.3 Å². The fourth-order valence-electron chi connectivity index (χ4n) is 1.16. The Morgan fingerprint density at radius 3 is 2.64 bits per heavy atom. The number of aromatic nitrogens is 1. The van der Waals surface area contributed by atoms with E-state index >= 15 is 0 Å². The van der Waals surface area contributed by atoms with E-state index in [0.29, 0.717) is 6.04 Å². The molecule has 0 spiro atoms.